The van der Waals surface area contributed by atoms with Crippen molar-refractivity contribution in [3.05, 3.63) is 101 Å². The molecule has 1 unspecified atom stereocenters. The van der Waals surface area contributed by atoms with Crippen molar-refractivity contribution in [3.8, 4) is 17.6 Å². The predicted molar refractivity (Wildman–Crippen MR) is 136 cm³/mol. The average Bonchev–Trinajstić information content (AvgIpc) is 3.41. The molecule has 6 nitrogen and oxygen atoms in total. The van der Waals surface area contributed by atoms with E-state index in [-0.39, 0.29) is 23.6 Å². The quantitative estimate of drug-likeness (QED) is 0.395. The van der Waals surface area contributed by atoms with E-state index in [2.05, 4.69) is 6.07 Å². The zero-order chi connectivity index (χ0) is 26.2. The number of rotatable bonds is 6. The van der Waals surface area contributed by atoms with Gasteiger partial charge in [-0.3, -0.25) is 9.36 Å². The lowest BCUT2D eigenvalue weighted by atomic mass is 9.70. The maximum absolute atomic E-state index is 14.1. The molecular formula is C30H27FN2O4. The van der Waals surface area contributed by atoms with Gasteiger partial charge in [0.15, 0.2) is 17.3 Å². The van der Waals surface area contributed by atoms with Crippen LogP contribution in [0.4, 0.5) is 4.39 Å². The molecule has 0 saturated carbocycles. The standard InChI is InChI=1S/C30H27FN2O4/c1-30(2)15-23(34)28-26(16-30)37-29(33-12-6-7-13-33)21(17-32)27(28)19-10-11-24(25(14-19)35-3)36-18-20-8-4-5-9-22(20)31/h4-14,27H,15-16,18H2,1-3H3. The third-order valence-corrected chi connectivity index (χ3v) is 6.73. The second-order valence-electron chi connectivity index (χ2n) is 10.0. The molecule has 2 aromatic carbocycles. The molecule has 2 aliphatic rings. The van der Waals surface area contributed by atoms with E-state index in [9.17, 15) is 14.4 Å². The number of Topliss-reactive ketones (excluding diaryl/α,β-unsaturated/α-hetero) is 1. The van der Waals surface area contributed by atoms with Gasteiger partial charge in [0.1, 0.15) is 29.8 Å². The predicted octanol–water partition coefficient (Wildman–Crippen LogP) is 6.36. The van der Waals surface area contributed by atoms with Crippen molar-refractivity contribution in [1.82, 2.24) is 4.57 Å². The van der Waals surface area contributed by atoms with Crippen molar-refractivity contribution in [2.75, 3.05) is 7.11 Å². The van der Waals surface area contributed by atoms with E-state index in [1.807, 2.05) is 44.4 Å². The fourth-order valence-corrected chi connectivity index (χ4v) is 4.99. The smallest absolute Gasteiger partial charge is 0.218 e. The summed E-state index contributed by atoms with van der Waals surface area (Å²) in [6, 6.07) is 17.7. The molecule has 1 aliphatic carbocycles. The molecule has 7 heteroatoms. The van der Waals surface area contributed by atoms with Gasteiger partial charge in [-0.1, -0.05) is 38.1 Å². The molecule has 0 fully saturated rings. The second kappa shape index (κ2) is 9.62. The third-order valence-electron chi connectivity index (χ3n) is 6.73. The molecule has 3 aromatic rings. The molecule has 2 heterocycles. The van der Waals surface area contributed by atoms with Crippen LogP contribution in [-0.2, 0) is 16.1 Å². The Labute approximate surface area is 215 Å². The zero-order valence-corrected chi connectivity index (χ0v) is 21.0. The highest BCUT2D eigenvalue weighted by Gasteiger charge is 2.43. The summed E-state index contributed by atoms with van der Waals surface area (Å²) in [7, 11) is 1.52. The lowest BCUT2D eigenvalue weighted by Gasteiger charge is -2.38. The Hall–Kier alpha value is -4.31. The van der Waals surface area contributed by atoms with Crippen molar-refractivity contribution in [2.24, 2.45) is 5.41 Å². The summed E-state index contributed by atoms with van der Waals surface area (Å²) < 4.78 is 33.6. The van der Waals surface area contributed by atoms with Crippen molar-refractivity contribution < 1.29 is 23.4 Å². The molecule has 1 aromatic heterocycles. The molecule has 37 heavy (non-hydrogen) atoms. The molecule has 5 rings (SSSR count). The highest BCUT2D eigenvalue weighted by Crippen LogP contribution is 2.50. The van der Waals surface area contributed by atoms with Gasteiger partial charge < -0.3 is 14.2 Å². The first-order valence-corrected chi connectivity index (χ1v) is 12.1. The van der Waals surface area contributed by atoms with Crippen LogP contribution in [0.3, 0.4) is 0 Å². The van der Waals surface area contributed by atoms with E-state index in [1.54, 1.807) is 34.9 Å². The van der Waals surface area contributed by atoms with Crippen LogP contribution in [0.25, 0.3) is 5.88 Å². The number of benzene rings is 2. The van der Waals surface area contributed by atoms with Crippen LogP contribution in [0.2, 0.25) is 0 Å². The van der Waals surface area contributed by atoms with Gasteiger partial charge in [-0.05, 0) is 41.3 Å². The number of hydrogen-bond acceptors (Lipinski definition) is 5. The summed E-state index contributed by atoms with van der Waals surface area (Å²) in [4.78, 5) is 13.4. The Morgan fingerprint density at radius 2 is 1.86 bits per heavy atom. The summed E-state index contributed by atoms with van der Waals surface area (Å²) in [6.07, 6.45) is 4.57. The van der Waals surface area contributed by atoms with Gasteiger partial charge in [-0.25, -0.2) is 4.39 Å². The maximum Gasteiger partial charge on any atom is 0.218 e. The van der Waals surface area contributed by atoms with Crippen molar-refractivity contribution in [3.63, 3.8) is 0 Å². The maximum atomic E-state index is 14.1. The number of carbonyl (C=O) groups excluding carboxylic acids is 1. The minimum Gasteiger partial charge on any atom is -0.493 e. The lowest BCUT2D eigenvalue weighted by Crippen LogP contribution is -2.32. The van der Waals surface area contributed by atoms with Crippen LogP contribution in [0.15, 0.2) is 83.9 Å². The van der Waals surface area contributed by atoms with E-state index in [0.29, 0.717) is 58.3 Å². The lowest BCUT2D eigenvalue weighted by molar-refractivity contribution is -0.118. The van der Waals surface area contributed by atoms with Crippen LogP contribution in [-0.4, -0.2) is 17.5 Å². The van der Waals surface area contributed by atoms with Gasteiger partial charge in [0.25, 0.3) is 0 Å². The number of aromatic nitrogens is 1. The molecule has 0 amide bonds. The van der Waals surface area contributed by atoms with Crippen LogP contribution in [0, 0.1) is 22.6 Å². The Morgan fingerprint density at radius 1 is 1.11 bits per heavy atom. The molecular weight excluding hydrogens is 471 g/mol. The van der Waals surface area contributed by atoms with E-state index in [4.69, 9.17) is 14.2 Å². The summed E-state index contributed by atoms with van der Waals surface area (Å²) >= 11 is 0. The van der Waals surface area contributed by atoms with Gasteiger partial charge in [0.05, 0.1) is 13.0 Å². The van der Waals surface area contributed by atoms with Gasteiger partial charge in [0, 0.05) is 36.4 Å². The largest absolute Gasteiger partial charge is 0.493 e. The number of hydrogen-bond donors (Lipinski definition) is 0. The fraction of sp³-hybridized carbons (Fsp3) is 0.267. The summed E-state index contributed by atoms with van der Waals surface area (Å²) in [5.41, 5.74) is 1.72. The molecule has 0 spiro atoms. The number of halogens is 1. The zero-order valence-electron chi connectivity index (χ0n) is 21.0. The fourth-order valence-electron chi connectivity index (χ4n) is 4.99. The Kier molecular flexibility index (Phi) is 6.34. The Balaban J connectivity index is 1.58. The number of carbonyl (C=O) groups is 1. The molecule has 1 atom stereocenters. The first-order chi connectivity index (χ1) is 17.8. The Bertz CT molecular complexity index is 1460. The van der Waals surface area contributed by atoms with Crippen LogP contribution in [0.5, 0.6) is 11.5 Å². The minimum absolute atomic E-state index is 0.0314. The van der Waals surface area contributed by atoms with Gasteiger partial charge in [-0.2, -0.15) is 5.26 Å². The highest BCUT2D eigenvalue weighted by molar-refractivity contribution is 6.00. The van der Waals surface area contributed by atoms with Gasteiger partial charge in [-0.15, -0.1) is 0 Å². The SMILES string of the molecule is COc1cc(C2C(C#N)=C(n3cccc3)OC3=C2C(=O)CC(C)(C)C3)ccc1OCc1ccccc1F. The third kappa shape index (κ3) is 4.63. The molecule has 0 saturated heterocycles. The van der Waals surface area contributed by atoms with E-state index in [1.165, 1.54) is 13.2 Å². The van der Waals surface area contributed by atoms with Crippen LogP contribution >= 0.6 is 0 Å². The van der Waals surface area contributed by atoms with Crippen molar-refractivity contribution >= 4 is 11.7 Å². The van der Waals surface area contributed by atoms with E-state index < -0.39 is 5.92 Å². The first-order valence-electron chi connectivity index (χ1n) is 12.1. The highest BCUT2D eigenvalue weighted by atomic mass is 19.1. The summed E-state index contributed by atoms with van der Waals surface area (Å²) in [6.45, 7) is 4.11. The molecule has 1 aliphatic heterocycles. The van der Waals surface area contributed by atoms with Crippen molar-refractivity contribution in [2.45, 2.75) is 39.2 Å². The molecule has 0 N–H and O–H groups in total. The molecule has 0 radical (unpaired) electrons. The first kappa shape index (κ1) is 24.4. The Morgan fingerprint density at radius 3 is 2.57 bits per heavy atom. The van der Waals surface area contributed by atoms with Crippen LogP contribution in [0.1, 0.15) is 43.7 Å². The molecule has 188 valence electrons. The van der Waals surface area contributed by atoms with Gasteiger partial charge in [0.2, 0.25) is 5.88 Å². The number of ether oxygens (including phenoxy) is 3. The summed E-state index contributed by atoms with van der Waals surface area (Å²) in [5.74, 6) is 0.831. The monoisotopic (exact) mass is 498 g/mol. The number of allylic oxidation sites excluding steroid dienone is 3. The normalized spacial score (nSPS) is 18.7. The van der Waals surface area contributed by atoms with Crippen molar-refractivity contribution in [1.29, 1.82) is 5.26 Å². The second-order valence-corrected chi connectivity index (χ2v) is 10.0. The summed E-state index contributed by atoms with van der Waals surface area (Å²) in [5, 5.41) is 10.3. The average molecular weight is 499 g/mol. The number of nitriles is 1. The van der Waals surface area contributed by atoms with E-state index >= 15 is 0 Å². The van der Waals surface area contributed by atoms with E-state index in [0.717, 1.165) is 0 Å². The minimum atomic E-state index is -0.621. The van der Waals surface area contributed by atoms with Gasteiger partial charge >= 0.3 is 0 Å². The van der Waals surface area contributed by atoms with Crippen LogP contribution < -0.4 is 9.47 Å². The molecule has 0 bridgehead atoms. The topological polar surface area (TPSA) is 73.5 Å². The number of methoxy groups -OCH3 is 1. The number of nitrogens with zero attached hydrogens (tertiary/aromatic N) is 2. The number of ketones is 1.